The fourth-order valence-electron chi connectivity index (χ4n) is 5.41. The van der Waals surface area contributed by atoms with Crippen molar-refractivity contribution in [2.45, 2.75) is 51.7 Å². The quantitative estimate of drug-likeness (QED) is 0.772. The van der Waals surface area contributed by atoms with Gasteiger partial charge in [0, 0.05) is 45.7 Å². The smallest absolute Gasteiger partial charge is 0.237 e. The zero-order chi connectivity index (χ0) is 22.9. The number of nitrogens with zero attached hydrogens (tertiary/aromatic N) is 5. The van der Waals surface area contributed by atoms with Gasteiger partial charge in [0.15, 0.2) is 5.82 Å². The number of likely N-dealkylation sites (tertiary alicyclic amines) is 1. The largest absolute Gasteiger partial charge is 0.373 e. The van der Waals surface area contributed by atoms with Gasteiger partial charge in [0.1, 0.15) is 5.82 Å². The maximum atomic E-state index is 13.2. The fourth-order valence-corrected chi connectivity index (χ4v) is 5.41. The molecule has 2 amide bonds. The molecule has 2 aromatic rings. The molecule has 3 aliphatic rings. The molecular formula is C25H32N6O2. The second kappa shape index (κ2) is 9.09. The van der Waals surface area contributed by atoms with Gasteiger partial charge in [0.05, 0.1) is 24.8 Å². The number of fused-ring (bicyclic) bond motifs is 2. The Morgan fingerprint density at radius 2 is 1.88 bits per heavy atom. The molecule has 1 N–H and O–H groups in total. The van der Waals surface area contributed by atoms with Crippen LogP contribution in [-0.2, 0) is 35.5 Å². The highest BCUT2D eigenvalue weighted by atomic mass is 16.2. The molecule has 0 bridgehead atoms. The van der Waals surface area contributed by atoms with Gasteiger partial charge in [-0.2, -0.15) is 0 Å². The molecule has 1 fully saturated rings. The monoisotopic (exact) mass is 448 g/mol. The minimum Gasteiger partial charge on any atom is -0.373 e. The number of amides is 2. The summed E-state index contributed by atoms with van der Waals surface area (Å²) in [7, 11) is 1.87. The van der Waals surface area contributed by atoms with E-state index >= 15 is 0 Å². The molecule has 8 nitrogen and oxygen atoms in total. The Kier molecular flexibility index (Phi) is 6.01. The number of carbonyl (C=O) groups excluding carboxylic acids is 2. The van der Waals surface area contributed by atoms with Gasteiger partial charge in [-0.3, -0.25) is 14.5 Å². The Bertz CT molecular complexity index is 1070. The van der Waals surface area contributed by atoms with Gasteiger partial charge in [-0.15, -0.1) is 0 Å². The minimum absolute atomic E-state index is 0.0599. The van der Waals surface area contributed by atoms with Crippen LogP contribution in [0.25, 0.3) is 0 Å². The number of carbonyl (C=O) groups is 2. The van der Waals surface area contributed by atoms with E-state index in [0.717, 1.165) is 62.4 Å². The third-order valence-corrected chi connectivity index (χ3v) is 7.20. The van der Waals surface area contributed by atoms with Gasteiger partial charge >= 0.3 is 0 Å². The summed E-state index contributed by atoms with van der Waals surface area (Å²) >= 11 is 0. The van der Waals surface area contributed by atoms with Crippen LogP contribution in [0.4, 0.5) is 5.82 Å². The van der Waals surface area contributed by atoms with Crippen LogP contribution in [0.3, 0.4) is 0 Å². The summed E-state index contributed by atoms with van der Waals surface area (Å²) in [6.45, 7) is 5.69. The summed E-state index contributed by atoms with van der Waals surface area (Å²) in [4.78, 5) is 41.0. The highest BCUT2D eigenvalue weighted by Crippen LogP contribution is 2.33. The van der Waals surface area contributed by atoms with Crippen molar-refractivity contribution in [3.63, 3.8) is 0 Å². The summed E-state index contributed by atoms with van der Waals surface area (Å²) in [5, 5.41) is 3.22. The molecule has 1 atom stereocenters. The van der Waals surface area contributed by atoms with Crippen molar-refractivity contribution in [3.8, 4) is 0 Å². The van der Waals surface area contributed by atoms with Crippen LogP contribution >= 0.6 is 0 Å². The number of rotatable bonds is 4. The third-order valence-electron chi connectivity index (χ3n) is 7.20. The number of nitrogens with one attached hydrogen (secondary N) is 1. The van der Waals surface area contributed by atoms with Crippen LogP contribution in [0.15, 0.2) is 24.3 Å². The maximum Gasteiger partial charge on any atom is 0.237 e. The average Bonchev–Trinajstić information content (AvgIpc) is 3.33. The molecule has 1 aromatic heterocycles. The summed E-state index contributed by atoms with van der Waals surface area (Å²) < 4.78 is 0. The minimum atomic E-state index is -0.0839. The number of anilines is 1. The normalized spacial score (nSPS) is 20.4. The lowest BCUT2D eigenvalue weighted by Gasteiger charge is -2.33. The van der Waals surface area contributed by atoms with Crippen molar-refractivity contribution >= 4 is 17.6 Å². The van der Waals surface area contributed by atoms with Gasteiger partial charge in [-0.25, -0.2) is 9.97 Å². The zero-order valence-electron chi connectivity index (χ0n) is 19.5. The zero-order valence-corrected chi connectivity index (χ0v) is 19.5. The number of benzene rings is 1. The van der Waals surface area contributed by atoms with E-state index in [0.29, 0.717) is 25.5 Å². The summed E-state index contributed by atoms with van der Waals surface area (Å²) in [6.07, 6.45) is 3.56. The van der Waals surface area contributed by atoms with Gasteiger partial charge in [-0.05, 0) is 36.8 Å². The number of hydrogen-bond donors (Lipinski definition) is 1. The Hall–Kier alpha value is -3.00. The van der Waals surface area contributed by atoms with E-state index in [-0.39, 0.29) is 17.9 Å². The number of hydrogen-bond acceptors (Lipinski definition) is 6. The van der Waals surface area contributed by atoms with E-state index in [4.69, 9.17) is 9.97 Å². The molecular weight excluding hydrogens is 416 g/mol. The van der Waals surface area contributed by atoms with Crippen LogP contribution in [0, 0.1) is 0 Å². The highest BCUT2D eigenvalue weighted by molar-refractivity contribution is 5.78. The Labute approximate surface area is 195 Å². The predicted octanol–water partition coefficient (Wildman–Crippen LogP) is 2.14. The molecule has 1 saturated heterocycles. The van der Waals surface area contributed by atoms with E-state index in [1.807, 2.05) is 16.8 Å². The molecule has 4 heterocycles. The van der Waals surface area contributed by atoms with Crippen LogP contribution in [-0.4, -0.2) is 69.7 Å². The van der Waals surface area contributed by atoms with Crippen LogP contribution in [0.5, 0.6) is 0 Å². The third kappa shape index (κ3) is 4.31. The summed E-state index contributed by atoms with van der Waals surface area (Å²) in [5.41, 5.74) is 4.71. The second-order valence-corrected chi connectivity index (χ2v) is 9.27. The molecule has 174 valence electrons. The second-order valence-electron chi connectivity index (χ2n) is 9.27. The molecule has 0 saturated carbocycles. The van der Waals surface area contributed by atoms with Gasteiger partial charge in [-0.1, -0.05) is 24.3 Å². The molecule has 0 aliphatic carbocycles. The van der Waals surface area contributed by atoms with Crippen molar-refractivity contribution in [2.24, 2.45) is 0 Å². The topological polar surface area (TPSA) is 81.7 Å². The maximum absolute atomic E-state index is 13.2. The lowest BCUT2D eigenvalue weighted by molar-refractivity contribution is -0.133. The van der Waals surface area contributed by atoms with Gasteiger partial charge < -0.3 is 15.1 Å². The average molecular weight is 449 g/mol. The van der Waals surface area contributed by atoms with E-state index < -0.39 is 0 Å². The Morgan fingerprint density at radius 3 is 2.67 bits per heavy atom. The molecule has 0 spiro atoms. The van der Waals surface area contributed by atoms with Crippen LogP contribution < -0.4 is 5.32 Å². The fraction of sp³-hybridized carbons (Fsp3) is 0.520. The first-order valence-corrected chi connectivity index (χ1v) is 11.9. The van der Waals surface area contributed by atoms with E-state index in [9.17, 15) is 9.59 Å². The molecule has 0 radical (unpaired) electrons. The molecule has 8 heteroatoms. The predicted molar refractivity (Wildman–Crippen MR) is 125 cm³/mol. The van der Waals surface area contributed by atoms with Crippen LogP contribution in [0.1, 0.15) is 54.0 Å². The van der Waals surface area contributed by atoms with Crippen molar-refractivity contribution in [3.05, 3.63) is 52.5 Å². The SMILES string of the molecule is CNc1nc(C2CCCN2C(C)=O)nc2c1CCN(C(=O)CN1CCc3ccccc3C1)C2. The lowest BCUT2D eigenvalue weighted by atomic mass is 10.00. The highest BCUT2D eigenvalue weighted by Gasteiger charge is 2.33. The number of aromatic nitrogens is 2. The van der Waals surface area contributed by atoms with E-state index in [2.05, 4.69) is 34.5 Å². The first-order chi connectivity index (χ1) is 16.0. The Morgan fingerprint density at radius 1 is 1.06 bits per heavy atom. The van der Waals surface area contributed by atoms with Crippen molar-refractivity contribution in [2.75, 3.05) is 38.5 Å². The summed E-state index contributed by atoms with van der Waals surface area (Å²) in [5.74, 6) is 1.72. The molecule has 5 rings (SSSR count). The molecule has 33 heavy (non-hydrogen) atoms. The first-order valence-electron chi connectivity index (χ1n) is 11.9. The molecule has 3 aliphatic heterocycles. The molecule has 1 unspecified atom stereocenters. The molecule has 1 aromatic carbocycles. The van der Waals surface area contributed by atoms with Crippen LogP contribution in [0.2, 0.25) is 0 Å². The van der Waals surface area contributed by atoms with Crippen molar-refractivity contribution < 1.29 is 9.59 Å². The van der Waals surface area contributed by atoms with E-state index in [1.54, 1.807) is 6.92 Å². The van der Waals surface area contributed by atoms with E-state index in [1.165, 1.54) is 11.1 Å². The standard InChI is InChI=1S/C25H32N6O2/c1-17(32)31-11-5-8-22(31)25-27-21-15-30(13-10-20(21)24(26-2)28-25)23(33)16-29-12-9-18-6-3-4-7-19(18)14-29/h3-4,6-7,22H,5,8-16H2,1-2H3,(H,26,27,28). The van der Waals surface area contributed by atoms with Crippen molar-refractivity contribution in [1.29, 1.82) is 0 Å². The van der Waals surface area contributed by atoms with Crippen molar-refractivity contribution in [1.82, 2.24) is 24.7 Å². The van der Waals surface area contributed by atoms with Gasteiger partial charge in [0.25, 0.3) is 0 Å². The lowest BCUT2D eigenvalue weighted by Crippen LogP contribution is -2.44. The van der Waals surface area contributed by atoms with Gasteiger partial charge in [0.2, 0.25) is 11.8 Å². The first kappa shape index (κ1) is 21.8. The summed E-state index contributed by atoms with van der Waals surface area (Å²) in [6, 6.07) is 8.42. The Balaban J connectivity index is 1.31.